The second-order valence-corrected chi connectivity index (χ2v) is 25.5. The number of rotatable bonds is 4. The minimum atomic E-state index is 0.0387. The number of para-hydroxylation sites is 8. The van der Waals surface area contributed by atoms with Crippen molar-refractivity contribution >= 4 is 161 Å². The lowest BCUT2D eigenvalue weighted by atomic mass is 9.34. The van der Waals surface area contributed by atoms with E-state index in [1.54, 1.807) is 0 Å². The molecule has 0 aromatic heterocycles. The summed E-state index contributed by atoms with van der Waals surface area (Å²) in [4.78, 5) is 30.6. The zero-order valence-electron chi connectivity index (χ0n) is 42.4. The van der Waals surface area contributed by atoms with Crippen LogP contribution in [0.25, 0.3) is 0 Å². The molecule has 0 N–H and O–H groups in total. The largest absolute Gasteiger partial charge is 0.355 e. The lowest BCUT2D eigenvalue weighted by molar-refractivity contribution is 0.949. The van der Waals surface area contributed by atoms with Gasteiger partial charge in [0, 0.05) is 90.1 Å². The van der Waals surface area contributed by atoms with Gasteiger partial charge < -0.3 is 39.2 Å². The summed E-state index contributed by atoms with van der Waals surface area (Å²) >= 11 is 8.05. The highest BCUT2D eigenvalue weighted by molar-refractivity contribution is 8.05. The average Bonchev–Trinajstić information content (AvgIpc) is 4.34. The van der Waals surface area contributed by atoms with E-state index in [1.807, 2.05) is 47.0 Å². The predicted molar refractivity (Wildman–Crippen MR) is 325 cm³/mol. The van der Waals surface area contributed by atoms with E-state index < -0.39 is 0 Å². The summed E-state index contributed by atoms with van der Waals surface area (Å²) in [6, 6.07) is 64.9. The summed E-state index contributed by atoms with van der Waals surface area (Å²) in [5.74, 6) is 0. The molecule has 14 heteroatoms. The Labute approximate surface area is 461 Å². The van der Waals surface area contributed by atoms with Crippen LogP contribution >= 0.6 is 47.0 Å². The highest BCUT2D eigenvalue weighted by Crippen LogP contribution is 2.53. The van der Waals surface area contributed by atoms with E-state index in [0.29, 0.717) is 0 Å². The lowest BCUT2D eigenvalue weighted by Gasteiger charge is -2.41. The molecule has 8 nitrogen and oxygen atoms in total. The zero-order chi connectivity index (χ0) is 50.2. The Morgan fingerprint density at radius 1 is 0.289 bits per heavy atom. The SMILES string of the molecule is CN1CN(c2ccc3c(c2)B2c4cc(N5CN(C)c6ccccc65)ccc4Sc4c5c6c(c(c42)S3)Sc2ccc(N3CN(C)c4ccccc43)cc2B6c2cc(N3CN(C)c4ccccc43)ccc2S5)c2ccccc21. The van der Waals surface area contributed by atoms with E-state index in [9.17, 15) is 0 Å². The van der Waals surface area contributed by atoms with E-state index in [2.05, 4.69) is 237 Å². The molecule has 76 heavy (non-hydrogen) atoms. The molecular weight excluding hydrogens is 1010 g/mol. The monoisotopic (exact) mass is 1050 g/mol. The predicted octanol–water partition coefficient (Wildman–Crippen LogP) is 10.8. The van der Waals surface area contributed by atoms with Crippen molar-refractivity contribution in [3.63, 3.8) is 0 Å². The van der Waals surface area contributed by atoms with Crippen LogP contribution in [0.3, 0.4) is 0 Å². The van der Waals surface area contributed by atoms with Crippen LogP contribution in [0.1, 0.15) is 0 Å². The molecule has 0 aliphatic carbocycles. The third-order valence-corrected chi connectivity index (χ3v) is 22.2. The molecule has 0 saturated heterocycles. The van der Waals surface area contributed by atoms with Gasteiger partial charge in [-0.15, -0.1) is 0 Å². The van der Waals surface area contributed by atoms with Gasteiger partial charge in [-0.3, -0.25) is 0 Å². The van der Waals surface area contributed by atoms with Crippen molar-refractivity contribution in [2.75, 3.05) is 94.1 Å². The van der Waals surface area contributed by atoms with E-state index in [1.165, 1.54) is 140 Å². The van der Waals surface area contributed by atoms with Gasteiger partial charge in [0.15, 0.2) is 0 Å². The number of benzene rings is 9. The van der Waals surface area contributed by atoms with Crippen LogP contribution in [0.15, 0.2) is 209 Å². The summed E-state index contributed by atoms with van der Waals surface area (Å²) in [6.07, 6.45) is 0. The first-order valence-corrected chi connectivity index (χ1v) is 29.4. The molecule has 0 fully saturated rings. The molecule has 0 spiro atoms. The lowest BCUT2D eigenvalue weighted by Crippen LogP contribution is -2.62. The molecule has 0 atom stereocenters. The molecular formula is C62H48B2N8S4. The molecule has 0 amide bonds. The van der Waals surface area contributed by atoms with Crippen LogP contribution in [0.2, 0.25) is 0 Å². The van der Waals surface area contributed by atoms with Crippen molar-refractivity contribution in [3.8, 4) is 0 Å². The Morgan fingerprint density at radius 2 is 0.513 bits per heavy atom. The first-order chi connectivity index (χ1) is 37.3. The molecule has 0 saturated carbocycles. The molecule has 0 radical (unpaired) electrons. The van der Waals surface area contributed by atoms with Crippen molar-refractivity contribution in [2.24, 2.45) is 0 Å². The van der Waals surface area contributed by atoms with Crippen LogP contribution in [-0.4, -0.2) is 68.3 Å². The summed E-state index contributed by atoms with van der Waals surface area (Å²) in [5.41, 5.74) is 23.6. The first kappa shape index (κ1) is 44.1. The van der Waals surface area contributed by atoms with E-state index in [4.69, 9.17) is 0 Å². The van der Waals surface area contributed by atoms with Crippen molar-refractivity contribution in [2.45, 2.75) is 39.2 Å². The fourth-order valence-electron chi connectivity index (χ4n) is 13.5. The zero-order valence-corrected chi connectivity index (χ0v) is 45.6. The van der Waals surface area contributed by atoms with Gasteiger partial charge in [-0.1, -0.05) is 117 Å². The van der Waals surface area contributed by atoms with E-state index in [0.717, 1.165) is 26.7 Å². The van der Waals surface area contributed by atoms with Crippen molar-refractivity contribution in [1.29, 1.82) is 0 Å². The minimum Gasteiger partial charge on any atom is -0.355 e. The summed E-state index contributed by atoms with van der Waals surface area (Å²) in [7, 11) is 8.85. The standard InChI is InChI=1S/C62H48B2N8S4/c1-65-33-69(49-17-9-5-13-45(49)65)37-21-25-53-41(29-37)63-42-30-38(70-34-66(2)46-14-6-10-18-50(46)70)22-26-54(42)74-60-57(63)59(73-53)61-58-62(60)76-56-28-24-40(72-36-68(4)48-16-8-12-20-52(48)72)32-44(56)64(58)43-31-39(23-27-55(43)75-61)71-35-67(3)47-15-7-11-19-51(47)71/h5-32H,33-36H2,1-4H3. The van der Waals surface area contributed by atoms with Crippen LogP contribution in [0, 0.1) is 0 Å². The first-order valence-electron chi connectivity index (χ1n) is 26.1. The van der Waals surface area contributed by atoms with Gasteiger partial charge in [-0.25, -0.2) is 0 Å². The summed E-state index contributed by atoms with van der Waals surface area (Å²) in [5, 5.41) is 0. The smallest absolute Gasteiger partial charge is 0.247 e. The Balaban J connectivity index is 0.879. The minimum absolute atomic E-state index is 0.0387. The second-order valence-electron chi connectivity index (χ2n) is 21.3. The van der Waals surface area contributed by atoms with E-state index in [-0.39, 0.29) is 13.4 Å². The van der Waals surface area contributed by atoms with Gasteiger partial charge in [0.2, 0.25) is 13.4 Å². The van der Waals surface area contributed by atoms with Crippen LogP contribution in [0.5, 0.6) is 0 Å². The van der Waals surface area contributed by atoms with Gasteiger partial charge >= 0.3 is 0 Å². The maximum absolute atomic E-state index is 2.55. The number of fused-ring (bicyclic) bond motifs is 14. The van der Waals surface area contributed by atoms with Gasteiger partial charge in [0.05, 0.1) is 72.2 Å². The molecule has 0 unspecified atom stereocenters. The van der Waals surface area contributed by atoms with Crippen molar-refractivity contribution in [1.82, 2.24) is 0 Å². The third kappa shape index (κ3) is 6.18. The molecule has 8 aliphatic heterocycles. The normalized spacial score (nSPS) is 16.5. The molecule has 8 aliphatic rings. The molecule has 17 rings (SSSR count). The van der Waals surface area contributed by atoms with Crippen molar-refractivity contribution in [3.05, 3.63) is 170 Å². The number of hydrogen-bond donors (Lipinski definition) is 0. The number of nitrogens with zero attached hydrogens (tertiary/aromatic N) is 8. The molecule has 9 aromatic carbocycles. The molecule has 0 bridgehead atoms. The van der Waals surface area contributed by atoms with Crippen LogP contribution < -0.4 is 72.0 Å². The van der Waals surface area contributed by atoms with Gasteiger partial charge in [0.25, 0.3) is 0 Å². The third-order valence-electron chi connectivity index (χ3n) is 17.0. The molecule has 8 heterocycles. The van der Waals surface area contributed by atoms with E-state index >= 15 is 0 Å². The Bertz CT molecular complexity index is 3530. The average molecular weight is 1060 g/mol. The van der Waals surface area contributed by atoms with Gasteiger partial charge in [-0.05, 0) is 132 Å². The van der Waals surface area contributed by atoms with Crippen LogP contribution in [-0.2, 0) is 0 Å². The highest BCUT2D eigenvalue weighted by atomic mass is 32.2. The maximum Gasteiger partial charge on any atom is 0.247 e. The molecule has 9 aromatic rings. The second kappa shape index (κ2) is 16.2. The molecule has 366 valence electrons. The Kier molecular flexibility index (Phi) is 9.41. The van der Waals surface area contributed by atoms with Gasteiger partial charge in [0.1, 0.15) is 0 Å². The van der Waals surface area contributed by atoms with Gasteiger partial charge in [-0.2, -0.15) is 0 Å². The quantitative estimate of drug-likeness (QED) is 0.157. The fraction of sp³-hybridized carbons (Fsp3) is 0.129. The summed E-state index contributed by atoms with van der Waals surface area (Å²) < 4.78 is 0. The maximum atomic E-state index is 2.55. The Morgan fingerprint density at radius 3 is 0.750 bits per heavy atom. The fourth-order valence-corrected chi connectivity index (χ4v) is 18.9. The van der Waals surface area contributed by atoms with Crippen molar-refractivity contribution < 1.29 is 0 Å². The summed E-state index contributed by atoms with van der Waals surface area (Å²) in [6.45, 7) is 3.33. The highest BCUT2D eigenvalue weighted by Gasteiger charge is 2.48. The topological polar surface area (TPSA) is 25.9 Å². The Hall–Kier alpha value is -7.09. The number of anilines is 12. The number of hydrogen-bond acceptors (Lipinski definition) is 12. The van der Waals surface area contributed by atoms with Crippen LogP contribution in [0.4, 0.5) is 68.2 Å².